The van der Waals surface area contributed by atoms with E-state index in [0.717, 1.165) is 24.2 Å². The van der Waals surface area contributed by atoms with Crippen LogP contribution in [-0.4, -0.2) is 45.6 Å². The number of nitrogens with one attached hydrogen (secondary N) is 1. The highest BCUT2D eigenvalue weighted by Gasteiger charge is 2.22. The summed E-state index contributed by atoms with van der Waals surface area (Å²) in [7, 11) is 0. The van der Waals surface area contributed by atoms with E-state index in [1.54, 1.807) is 11.1 Å². The average molecular weight is 372 g/mol. The van der Waals surface area contributed by atoms with Crippen LogP contribution in [0.1, 0.15) is 44.2 Å². The highest BCUT2D eigenvalue weighted by molar-refractivity contribution is 5.88. The summed E-state index contributed by atoms with van der Waals surface area (Å²) in [6, 6.07) is 9.60. The van der Waals surface area contributed by atoms with E-state index in [1.165, 1.54) is 12.8 Å². The molecular formula is C20H28N4O3. The van der Waals surface area contributed by atoms with Gasteiger partial charge in [0.25, 0.3) is 0 Å². The molecular weight excluding hydrogens is 344 g/mol. The molecule has 1 heterocycles. The topological polar surface area (TPSA) is 79.6 Å². The zero-order valence-corrected chi connectivity index (χ0v) is 15.8. The van der Waals surface area contributed by atoms with Crippen LogP contribution in [0.3, 0.4) is 0 Å². The van der Waals surface area contributed by atoms with Gasteiger partial charge in [0.1, 0.15) is 11.6 Å². The lowest BCUT2D eigenvalue weighted by Crippen LogP contribution is -2.37. The second-order valence-electron chi connectivity index (χ2n) is 6.76. The molecule has 1 fully saturated rings. The van der Waals surface area contributed by atoms with Crippen LogP contribution in [-0.2, 0) is 6.54 Å². The highest BCUT2D eigenvalue weighted by atomic mass is 16.5. The highest BCUT2D eigenvalue weighted by Crippen LogP contribution is 2.31. The number of urea groups is 1. The lowest BCUT2D eigenvalue weighted by molar-refractivity contribution is 0.185. The number of nitrogens with zero attached hydrogens (tertiary/aromatic N) is 3. The van der Waals surface area contributed by atoms with E-state index in [2.05, 4.69) is 10.4 Å². The summed E-state index contributed by atoms with van der Waals surface area (Å²) in [4.78, 5) is 14.4. The summed E-state index contributed by atoms with van der Waals surface area (Å²) in [5.74, 6) is 1.48. The first-order chi connectivity index (χ1) is 13.2. The minimum Gasteiger partial charge on any atom is -0.494 e. The van der Waals surface area contributed by atoms with E-state index < -0.39 is 0 Å². The van der Waals surface area contributed by atoms with Gasteiger partial charge in [0, 0.05) is 19.2 Å². The molecule has 0 aliphatic heterocycles. The van der Waals surface area contributed by atoms with E-state index in [4.69, 9.17) is 4.74 Å². The van der Waals surface area contributed by atoms with E-state index >= 15 is 0 Å². The van der Waals surface area contributed by atoms with Crippen molar-refractivity contribution in [2.24, 2.45) is 0 Å². The van der Waals surface area contributed by atoms with Crippen molar-refractivity contribution in [1.29, 1.82) is 0 Å². The van der Waals surface area contributed by atoms with Gasteiger partial charge in [-0.3, -0.25) is 5.32 Å². The molecule has 0 atom stereocenters. The molecule has 27 heavy (non-hydrogen) atoms. The minimum atomic E-state index is -0.245. The molecule has 7 heteroatoms. The number of ether oxygens (including phenoxy) is 1. The molecule has 1 aliphatic carbocycles. The van der Waals surface area contributed by atoms with Crippen LogP contribution in [0.2, 0.25) is 0 Å². The molecule has 1 aromatic carbocycles. The van der Waals surface area contributed by atoms with Gasteiger partial charge in [-0.2, -0.15) is 5.10 Å². The predicted molar refractivity (Wildman–Crippen MR) is 104 cm³/mol. The summed E-state index contributed by atoms with van der Waals surface area (Å²) in [6.07, 6.45) is 6.30. The predicted octanol–water partition coefficient (Wildman–Crippen LogP) is 3.42. The van der Waals surface area contributed by atoms with E-state index in [1.807, 2.05) is 41.9 Å². The Morgan fingerprint density at radius 1 is 1.37 bits per heavy atom. The summed E-state index contributed by atoms with van der Waals surface area (Å²) < 4.78 is 7.44. The Hall–Kier alpha value is -2.54. The van der Waals surface area contributed by atoms with Crippen LogP contribution in [0.15, 0.2) is 36.5 Å². The van der Waals surface area contributed by atoms with Gasteiger partial charge in [0.15, 0.2) is 0 Å². The molecule has 0 saturated heterocycles. The molecule has 1 aliphatic rings. The third kappa shape index (κ3) is 5.01. The molecule has 2 amide bonds. The zero-order valence-electron chi connectivity index (χ0n) is 15.8. The van der Waals surface area contributed by atoms with E-state index in [9.17, 15) is 9.90 Å². The molecule has 0 unspecified atom stereocenters. The lowest BCUT2D eigenvalue weighted by Gasteiger charge is -2.23. The first-order valence-electron chi connectivity index (χ1n) is 9.63. The fourth-order valence-corrected chi connectivity index (χ4v) is 3.54. The normalized spacial score (nSPS) is 14.3. The largest absolute Gasteiger partial charge is 0.494 e. The van der Waals surface area contributed by atoms with Gasteiger partial charge in [0.2, 0.25) is 0 Å². The number of hydrogen-bond donors (Lipinski definition) is 2. The van der Waals surface area contributed by atoms with Crippen molar-refractivity contribution in [3.63, 3.8) is 0 Å². The Morgan fingerprint density at radius 3 is 2.93 bits per heavy atom. The standard InChI is InChI=1S/C20H28N4O3/c1-2-27-18-9-5-6-16(14-18)15-23(12-13-25)20(26)22-19-10-11-21-24(19)17-7-3-4-8-17/h5-6,9-11,14,17,25H,2-4,7-8,12-13,15H2,1H3,(H,22,26). The number of amides is 2. The third-order valence-electron chi connectivity index (χ3n) is 4.82. The molecule has 2 aromatic rings. The number of anilines is 1. The molecule has 1 saturated carbocycles. The fourth-order valence-electron chi connectivity index (χ4n) is 3.54. The monoisotopic (exact) mass is 372 g/mol. The maximum atomic E-state index is 12.8. The zero-order chi connectivity index (χ0) is 19.1. The average Bonchev–Trinajstić information content (AvgIpc) is 3.33. The molecule has 1 aromatic heterocycles. The second-order valence-corrected chi connectivity index (χ2v) is 6.76. The molecule has 0 bridgehead atoms. The number of aromatic nitrogens is 2. The van der Waals surface area contributed by atoms with Gasteiger partial charge in [-0.15, -0.1) is 0 Å². The maximum Gasteiger partial charge on any atom is 0.323 e. The molecule has 3 rings (SSSR count). The molecule has 2 N–H and O–H groups in total. The fraction of sp³-hybridized carbons (Fsp3) is 0.500. The summed E-state index contributed by atoms with van der Waals surface area (Å²) in [5, 5.41) is 16.7. The number of carbonyl (C=O) groups excluding carboxylic acids is 1. The van der Waals surface area contributed by atoms with Crippen molar-refractivity contribution < 1.29 is 14.6 Å². The number of rotatable bonds is 8. The van der Waals surface area contributed by atoms with Crippen molar-refractivity contribution in [2.45, 2.75) is 45.2 Å². The first kappa shape index (κ1) is 19.2. The lowest BCUT2D eigenvalue weighted by atomic mass is 10.2. The van der Waals surface area contributed by atoms with E-state index in [-0.39, 0.29) is 19.2 Å². The first-order valence-corrected chi connectivity index (χ1v) is 9.63. The van der Waals surface area contributed by atoms with Gasteiger partial charge in [-0.1, -0.05) is 25.0 Å². The van der Waals surface area contributed by atoms with Crippen LogP contribution in [0, 0.1) is 0 Å². The van der Waals surface area contributed by atoms with Gasteiger partial charge in [0.05, 0.1) is 25.5 Å². The Bertz CT molecular complexity index is 740. The summed E-state index contributed by atoms with van der Waals surface area (Å²) >= 11 is 0. The number of carbonyl (C=O) groups is 1. The van der Waals surface area contributed by atoms with Gasteiger partial charge in [-0.25, -0.2) is 9.48 Å². The van der Waals surface area contributed by atoms with Gasteiger partial charge < -0.3 is 14.7 Å². The van der Waals surface area contributed by atoms with Gasteiger partial charge in [-0.05, 0) is 37.5 Å². The Kier molecular flexibility index (Phi) is 6.70. The van der Waals surface area contributed by atoms with Crippen LogP contribution < -0.4 is 10.1 Å². The molecule has 146 valence electrons. The van der Waals surface area contributed by atoms with E-state index in [0.29, 0.717) is 25.0 Å². The molecule has 0 radical (unpaired) electrons. The maximum absolute atomic E-state index is 12.8. The van der Waals surface area contributed by atoms with Crippen molar-refractivity contribution in [2.75, 3.05) is 25.1 Å². The Balaban J connectivity index is 1.68. The number of aliphatic hydroxyl groups excluding tert-OH is 1. The van der Waals surface area contributed by atoms with Crippen molar-refractivity contribution in [3.8, 4) is 5.75 Å². The third-order valence-corrected chi connectivity index (χ3v) is 4.82. The van der Waals surface area contributed by atoms with Crippen LogP contribution in [0.5, 0.6) is 5.75 Å². The minimum absolute atomic E-state index is 0.0968. The number of hydrogen-bond acceptors (Lipinski definition) is 4. The molecule has 7 nitrogen and oxygen atoms in total. The van der Waals surface area contributed by atoms with Crippen LogP contribution in [0.4, 0.5) is 10.6 Å². The van der Waals surface area contributed by atoms with Gasteiger partial charge >= 0.3 is 6.03 Å². The Morgan fingerprint density at radius 2 is 2.19 bits per heavy atom. The van der Waals surface area contributed by atoms with Crippen molar-refractivity contribution in [3.05, 3.63) is 42.1 Å². The van der Waals surface area contributed by atoms with Crippen LogP contribution in [0.25, 0.3) is 0 Å². The number of benzene rings is 1. The second kappa shape index (κ2) is 9.41. The van der Waals surface area contributed by atoms with Crippen LogP contribution >= 0.6 is 0 Å². The summed E-state index contributed by atoms with van der Waals surface area (Å²) in [5.41, 5.74) is 0.953. The van der Waals surface area contributed by atoms with Crippen molar-refractivity contribution in [1.82, 2.24) is 14.7 Å². The Labute approximate surface area is 159 Å². The smallest absolute Gasteiger partial charge is 0.323 e. The summed E-state index contributed by atoms with van der Waals surface area (Å²) in [6.45, 7) is 3.08. The quantitative estimate of drug-likeness (QED) is 0.744. The number of aliphatic hydroxyl groups is 1. The molecule has 0 spiro atoms. The van der Waals surface area contributed by atoms with Crippen molar-refractivity contribution >= 4 is 11.8 Å². The SMILES string of the molecule is CCOc1cccc(CN(CCO)C(=O)Nc2ccnn2C2CCCC2)c1.